The Balaban J connectivity index is 0.000000256. The van der Waals surface area contributed by atoms with Gasteiger partial charge in [-0.05, 0) is 99.6 Å². The van der Waals surface area contributed by atoms with E-state index in [9.17, 15) is 33.5 Å². The second kappa shape index (κ2) is 17.3. The summed E-state index contributed by atoms with van der Waals surface area (Å²) in [5, 5.41) is 20.1. The van der Waals surface area contributed by atoms with Crippen LogP contribution in [-0.2, 0) is 9.47 Å². The van der Waals surface area contributed by atoms with Crippen molar-refractivity contribution >= 4 is 52.5 Å². The maximum Gasteiger partial charge on any atom is 0.338 e. The highest BCUT2D eigenvalue weighted by Gasteiger charge is 2.12. The highest BCUT2D eigenvalue weighted by Crippen LogP contribution is 2.25. The van der Waals surface area contributed by atoms with E-state index < -0.39 is 29.8 Å². The Bertz CT molecular complexity index is 1730. The SMILES string of the molecule is CCOC(=O)c1ccc(NC(=O)Nc2ccc(F)cc2)c(O)c1.CCOC(=O)c1ccc(NC(=O)Nc2cccc(C(C)=O)c2)cc1. The standard InChI is InChI=1S/C18H18N2O4.C16H15FN2O4/c1-3-24-17(22)13-7-9-15(10-8-13)19-18(23)20-16-6-4-5-14(11-16)12(2)21;1-2-23-15(21)10-3-8-13(14(20)9-10)19-16(22)18-12-6-4-11(17)5-7-12/h4-11H,3H2,1-2H3,(H2,19,20,23);3-9,20H,2H2,1H3,(H2,18,19,22). The molecule has 0 saturated heterocycles. The fourth-order valence-electron chi connectivity index (χ4n) is 3.81. The summed E-state index contributed by atoms with van der Waals surface area (Å²) < 4.78 is 22.5. The van der Waals surface area contributed by atoms with Gasteiger partial charge in [-0.2, -0.15) is 0 Å². The summed E-state index contributed by atoms with van der Waals surface area (Å²) in [7, 11) is 0. The molecule has 0 atom stereocenters. The van der Waals surface area contributed by atoms with Gasteiger partial charge in [0.2, 0.25) is 0 Å². The van der Waals surface area contributed by atoms with Gasteiger partial charge in [-0.3, -0.25) is 4.79 Å². The topological polar surface area (TPSA) is 172 Å². The number of phenols is 1. The van der Waals surface area contributed by atoms with Crippen molar-refractivity contribution in [1.29, 1.82) is 0 Å². The number of hydrogen-bond acceptors (Lipinski definition) is 8. The lowest BCUT2D eigenvalue weighted by Crippen LogP contribution is -2.19. The van der Waals surface area contributed by atoms with E-state index in [2.05, 4.69) is 21.3 Å². The third-order valence-electron chi connectivity index (χ3n) is 6.04. The lowest BCUT2D eigenvalue weighted by molar-refractivity contribution is 0.0516. The number of anilines is 4. The molecule has 0 saturated carbocycles. The summed E-state index contributed by atoms with van der Waals surface area (Å²) >= 11 is 0. The molecule has 4 aromatic carbocycles. The quantitative estimate of drug-likeness (QED) is 0.0732. The number of halogens is 1. The number of ketones is 1. The number of aromatic hydroxyl groups is 1. The first-order valence-corrected chi connectivity index (χ1v) is 14.3. The smallest absolute Gasteiger partial charge is 0.338 e. The summed E-state index contributed by atoms with van der Waals surface area (Å²) in [5.41, 5.74) is 2.67. The number of esters is 2. The van der Waals surface area contributed by atoms with Crippen molar-refractivity contribution in [2.75, 3.05) is 34.5 Å². The number of Topliss-reactive ketones (excluding diaryl/α,β-unsaturated/α-hetero) is 1. The van der Waals surface area contributed by atoms with E-state index in [1.165, 1.54) is 49.4 Å². The van der Waals surface area contributed by atoms with Crippen molar-refractivity contribution in [3.05, 3.63) is 114 Å². The summed E-state index contributed by atoms with van der Waals surface area (Å²) in [5.74, 6) is -1.73. The van der Waals surface area contributed by atoms with Crippen LogP contribution in [0, 0.1) is 5.82 Å². The molecule has 4 amide bonds. The van der Waals surface area contributed by atoms with Crippen LogP contribution in [-0.4, -0.2) is 48.1 Å². The van der Waals surface area contributed by atoms with Gasteiger partial charge < -0.3 is 35.8 Å². The molecule has 5 N–H and O–H groups in total. The normalized spacial score (nSPS) is 9.96. The molecule has 0 fully saturated rings. The average Bonchev–Trinajstić information content (AvgIpc) is 3.04. The molecule has 0 aliphatic rings. The molecule has 12 nitrogen and oxygen atoms in total. The zero-order chi connectivity index (χ0) is 34.3. The monoisotopic (exact) mass is 644 g/mol. The van der Waals surface area contributed by atoms with Crippen LogP contribution < -0.4 is 21.3 Å². The van der Waals surface area contributed by atoms with E-state index in [0.29, 0.717) is 34.8 Å². The first kappa shape index (κ1) is 35.2. The van der Waals surface area contributed by atoms with Gasteiger partial charge in [0.25, 0.3) is 0 Å². The number of urea groups is 2. The number of phenolic OH excluding ortho intramolecular Hbond substituents is 1. The van der Waals surface area contributed by atoms with E-state index >= 15 is 0 Å². The van der Waals surface area contributed by atoms with Gasteiger partial charge in [0.1, 0.15) is 11.6 Å². The Morgan fingerprint density at radius 2 is 1.13 bits per heavy atom. The molecule has 4 aromatic rings. The number of hydrogen-bond donors (Lipinski definition) is 5. The summed E-state index contributed by atoms with van der Waals surface area (Å²) in [6.45, 7) is 5.40. The van der Waals surface area contributed by atoms with E-state index in [1.54, 1.807) is 62.4 Å². The van der Waals surface area contributed by atoms with Gasteiger partial charge in [-0.15, -0.1) is 0 Å². The zero-order valence-electron chi connectivity index (χ0n) is 25.8. The third-order valence-corrected chi connectivity index (χ3v) is 6.04. The fourth-order valence-corrected chi connectivity index (χ4v) is 3.81. The van der Waals surface area contributed by atoms with Gasteiger partial charge >= 0.3 is 24.0 Å². The van der Waals surface area contributed by atoms with Crippen LogP contribution >= 0.6 is 0 Å². The molecule has 0 aromatic heterocycles. The van der Waals surface area contributed by atoms with Crippen molar-refractivity contribution in [3.63, 3.8) is 0 Å². The van der Waals surface area contributed by atoms with Gasteiger partial charge in [0, 0.05) is 22.6 Å². The molecule has 4 rings (SSSR count). The fraction of sp³-hybridized carbons (Fsp3) is 0.147. The Hall–Kier alpha value is -6.24. The minimum atomic E-state index is -0.615. The molecular formula is C34H33FN4O8. The Labute approximate surface area is 269 Å². The molecule has 0 aliphatic heterocycles. The Kier molecular flexibility index (Phi) is 13.0. The summed E-state index contributed by atoms with van der Waals surface area (Å²) in [6, 6.07) is 21.2. The van der Waals surface area contributed by atoms with Gasteiger partial charge in [0.15, 0.2) is 5.78 Å². The number of benzene rings is 4. The van der Waals surface area contributed by atoms with Crippen LogP contribution in [0.1, 0.15) is 51.8 Å². The summed E-state index contributed by atoms with van der Waals surface area (Å²) in [4.78, 5) is 58.2. The van der Waals surface area contributed by atoms with E-state index in [0.717, 1.165) is 0 Å². The van der Waals surface area contributed by atoms with Crippen molar-refractivity contribution in [3.8, 4) is 5.75 Å². The number of nitrogens with one attached hydrogen (secondary N) is 4. The maximum absolute atomic E-state index is 12.8. The van der Waals surface area contributed by atoms with Gasteiger partial charge in [-0.25, -0.2) is 23.6 Å². The van der Waals surface area contributed by atoms with E-state index in [4.69, 9.17) is 9.47 Å². The van der Waals surface area contributed by atoms with Crippen LogP contribution in [0.2, 0.25) is 0 Å². The van der Waals surface area contributed by atoms with Crippen molar-refractivity contribution in [1.82, 2.24) is 0 Å². The second-order valence-corrected chi connectivity index (χ2v) is 9.55. The highest BCUT2D eigenvalue weighted by atomic mass is 19.1. The summed E-state index contributed by atoms with van der Waals surface area (Å²) in [6.07, 6.45) is 0. The van der Waals surface area contributed by atoms with Crippen molar-refractivity contribution < 1.29 is 42.9 Å². The number of ether oxygens (including phenoxy) is 2. The highest BCUT2D eigenvalue weighted by molar-refractivity contribution is 6.02. The molecular weight excluding hydrogens is 611 g/mol. The second-order valence-electron chi connectivity index (χ2n) is 9.55. The lowest BCUT2D eigenvalue weighted by atomic mass is 10.1. The van der Waals surface area contributed by atoms with Crippen LogP contribution in [0.15, 0.2) is 91.0 Å². The molecule has 0 spiro atoms. The number of amides is 4. The zero-order valence-corrected chi connectivity index (χ0v) is 25.8. The molecule has 0 unspecified atom stereocenters. The molecule has 0 heterocycles. The Morgan fingerprint density at radius 1 is 0.617 bits per heavy atom. The molecule has 0 radical (unpaired) electrons. The molecule has 244 valence electrons. The minimum absolute atomic E-state index is 0.0754. The molecule has 47 heavy (non-hydrogen) atoms. The van der Waals surface area contributed by atoms with E-state index in [-0.39, 0.29) is 29.4 Å². The van der Waals surface area contributed by atoms with Crippen LogP contribution in [0.4, 0.5) is 36.7 Å². The van der Waals surface area contributed by atoms with Gasteiger partial charge in [-0.1, -0.05) is 12.1 Å². The third kappa shape index (κ3) is 11.3. The number of carbonyl (C=O) groups is 5. The maximum atomic E-state index is 12.8. The molecule has 13 heteroatoms. The first-order valence-electron chi connectivity index (χ1n) is 14.3. The first-order chi connectivity index (χ1) is 22.5. The predicted octanol–water partition coefficient (Wildman–Crippen LogP) is 7.06. The van der Waals surface area contributed by atoms with Crippen molar-refractivity contribution in [2.45, 2.75) is 20.8 Å². The van der Waals surface area contributed by atoms with Gasteiger partial charge in [0.05, 0.1) is 30.0 Å². The predicted molar refractivity (Wildman–Crippen MR) is 175 cm³/mol. The van der Waals surface area contributed by atoms with Crippen LogP contribution in [0.3, 0.4) is 0 Å². The molecule has 0 aliphatic carbocycles. The minimum Gasteiger partial charge on any atom is -0.506 e. The van der Waals surface area contributed by atoms with Crippen molar-refractivity contribution in [2.24, 2.45) is 0 Å². The van der Waals surface area contributed by atoms with Crippen LogP contribution in [0.5, 0.6) is 5.75 Å². The Morgan fingerprint density at radius 3 is 1.68 bits per heavy atom. The largest absolute Gasteiger partial charge is 0.506 e. The van der Waals surface area contributed by atoms with E-state index in [1.807, 2.05) is 0 Å². The average molecular weight is 645 g/mol. The van der Waals surface area contributed by atoms with Crippen LogP contribution in [0.25, 0.3) is 0 Å². The molecule has 0 bridgehead atoms. The lowest BCUT2D eigenvalue weighted by Gasteiger charge is -2.10. The number of carbonyl (C=O) groups excluding carboxylic acids is 5. The number of rotatable bonds is 9.